The molecule has 0 heterocycles. The third-order valence-electron chi connectivity index (χ3n) is 6.35. The van der Waals surface area contributed by atoms with Gasteiger partial charge in [0.15, 0.2) is 0 Å². The van der Waals surface area contributed by atoms with Crippen LogP contribution in [0.25, 0.3) is 0 Å². The summed E-state index contributed by atoms with van der Waals surface area (Å²) >= 11 is 0. The van der Waals surface area contributed by atoms with Crippen LogP contribution in [0, 0.1) is 13.8 Å². The van der Waals surface area contributed by atoms with Crippen LogP contribution in [0.5, 0.6) is 5.75 Å². The Morgan fingerprint density at radius 3 is 2.10 bits per heavy atom. The second kappa shape index (κ2) is 14.9. The number of nitrogen functional groups attached to an aromatic ring is 4. The molecule has 8 N–H and O–H groups in total. The SMILES string of the molecule is C=CCN(c1ccc(C)cc1)c1ccc(N)cc1N.Cc1cccc(OC/C=C/CN(C)c2cc(N)ccc2N)c1. The Morgan fingerprint density at radius 1 is 0.707 bits per heavy atom. The predicted octanol–water partition coefficient (Wildman–Crippen LogP) is 6.71. The summed E-state index contributed by atoms with van der Waals surface area (Å²) in [6.07, 6.45) is 5.91. The summed E-state index contributed by atoms with van der Waals surface area (Å²) in [5.41, 5.74) is 31.7. The molecule has 0 bridgehead atoms. The van der Waals surface area contributed by atoms with E-state index in [9.17, 15) is 0 Å². The number of hydrogen-bond donors (Lipinski definition) is 4. The second-order valence-corrected chi connectivity index (χ2v) is 9.85. The van der Waals surface area contributed by atoms with Crippen LogP contribution in [0.4, 0.5) is 39.8 Å². The Balaban J connectivity index is 0.000000228. The van der Waals surface area contributed by atoms with E-state index in [0.717, 1.165) is 35.0 Å². The maximum absolute atomic E-state index is 6.06. The first-order chi connectivity index (χ1) is 19.7. The van der Waals surface area contributed by atoms with E-state index in [1.165, 1.54) is 11.1 Å². The van der Waals surface area contributed by atoms with Crippen molar-refractivity contribution in [3.8, 4) is 5.75 Å². The van der Waals surface area contributed by atoms with Gasteiger partial charge in [-0.2, -0.15) is 0 Å². The fourth-order valence-corrected chi connectivity index (χ4v) is 4.16. The van der Waals surface area contributed by atoms with Crippen LogP contribution in [0.15, 0.2) is 110 Å². The molecule has 0 unspecified atom stereocenters. The van der Waals surface area contributed by atoms with Crippen LogP contribution in [0.3, 0.4) is 0 Å². The van der Waals surface area contributed by atoms with E-state index in [2.05, 4.69) is 53.6 Å². The minimum atomic E-state index is 0.545. The van der Waals surface area contributed by atoms with Crippen LogP contribution in [-0.4, -0.2) is 26.7 Å². The molecular formula is C34H42N6O. The van der Waals surface area contributed by atoms with Gasteiger partial charge in [0.2, 0.25) is 0 Å². The van der Waals surface area contributed by atoms with Gasteiger partial charge in [-0.3, -0.25) is 0 Å². The fraction of sp³-hybridized carbons (Fsp3) is 0.176. The molecule has 41 heavy (non-hydrogen) atoms. The summed E-state index contributed by atoms with van der Waals surface area (Å²) in [6.45, 7) is 9.90. The van der Waals surface area contributed by atoms with Crippen molar-refractivity contribution in [3.63, 3.8) is 0 Å². The van der Waals surface area contributed by atoms with E-state index in [0.29, 0.717) is 30.2 Å². The number of hydrogen-bond acceptors (Lipinski definition) is 7. The topological polar surface area (TPSA) is 120 Å². The van der Waals surface area contributed by atoms with Gasteiger partial charge in [0.25, 0.3) is 0 Å². The zero-order valence-corrected chi connectivity index (χ0v) is 24.3. The molecule has 0 amide bonds. The molecule has 0 aliphatic carbocycles. The molecule has 4 aromatic rings. The standard InChI is InChI=1S/C18H23N3O.C16H19N3/c1-14-6-5-7-16(12-14)22-11-4-3-10-21(2)18-13-15(19)8-9-17(18)20;1-3-10-19(14-7-4-12(2)5-8-14)16-9-6-13(17)11-15(16)18/h3-9,12-13H,10-11,19-20H2,1-2H3;3-9,11H,1,10,17-18H2,2H3/b4-3+;. The lowest BCUT2D eigenvalue weighted by Crippen LogP contribution is -2.18. The highest BCUT2D eigenvalue weighted by Gasteiger charge is 2.11. The maximum Gasteiger partial charge on any atom is 0.120 e. The zero-order valence-electron chi connectivity index (χ0n) is 24.3. The molecule has 0 aromatic heterocycles. The third-order valence-corrected chi connectivity index (χ3v) is 6.35. The second-order valence-electron chi connectivity index (χ2n) is 9.85. The van der Waals surface area contributed by atoms with Gasteiger partial charge in [-0.25, -0.2) is 0 Å². The Bertz CT molecular complexity index is 1450. The summed E-state index contributed by atoms with van der Waals surface area (Å²) < 4.78 is 5.67. The molecule has 0 atom stereocenters. The van der Waals surface area contributed by atoms with Crippen molar-refractivity contribution in [2.75, 3.05) is 59.5 Å². The van der Waals surface area contributed by atoms with Gasteiger partial charge < -0.3 is 37.5 Å². The smallest absolute Gasteiger partial charge is 0.120 e. The van der Waals surface area contributed by atoms with Crippen molar-refractivity contribution in [1.82, 2.24) is 0 Å². The van der Waals surface area contributed by atoms with E-state index in [-0.39, 0.29) is 0 Å². The number of aryl methyl sites for hydroxylation is 2. The lowest BCUT2D eigenvalue weighted by molar-refractivity contribution is 0.362. The maximum atomic E-state index is 6.06. The Kier molecular flexibility index (Phi) is 11.1. The highest BCUT2D eigenvalue weighted by Crippen LogP contribution is 2.32. The summed E-state index contributed by atoms with van der Waals surface area (Å²) in [4.78, 5) is 4.16. The molecular weight excluding hydrogens is 508 g/mol. The molecule has 0 saturated heterocycles. The summed E-state index contributed by atoms with van der Waals surface area (Å²) in [6, 6.07) is 27.4. The molecule has 0 radical (unpaired) electrons. The van der Waals surface area contributed by atoms with E-state index >= 15 is 0 Å². The van der Waals surface area contributed by atoms with E-state index in [4.69, 9.17) is 27.7 Å². The summed E-state index contributed by atoms with van der Waals surface area (Å²) in [7, 11) is 1.98. The predicted molar refractivity (Wildman–Crippen MR) is 178 cm³/mol. The van der Waals surface area contributed by atoms with Crippen molar-refractivity contribution in [1.29, 1.82) is 0 Å². The highest BCUT2D eigenvalue weighted by atomic mass is 16.5. The minimum absolute atomic E-state index is 0.545. The van der Waals surface area contributed by atoms with Crippen molar-refractivity contribution in [2.24, 2.45) is 0 Å². The first-order valence-electron chi connectivity index (χ1n) is 13.5. The summed E-state index contributed by atoms with van der Waals surface area (Å²) in [5, 5.41) is 0. The normalized spacial score (nSPS) is 10.5. The number of ether oxygens (including phenoxy) is 1. The molecule has 0 fully saturated rings. The van der Waals surface area contributed by atoms with Gasteiger partial charge >= 0.3 is 0 Å². The van der Waals surface area contributed by atoms with Crippen molar-refractivity contribution < 1.29 is 4.74 Å². The van der Waals surface area contributed by atoms with E-state index in [1.54, 1.807) is 12.1 Å². The average Bonchev–Trinajstić information content (AvgIpc) is 2.94. The van der Waals surface area contributed by atoms with Gasteiger partial charge in [0, 0.05) is 37.2 Å². The molecule has 7 nitrogen and oxygen atoms in total. The number of nitrogens with two attached hydrogens (primary N) is 4. The summed E-state index contributed by atoms with van der Waals surface area (Å²) in [5.74, 6) is 0.887. The number of nitrogens with zero attached hydrogens (tertiary/aromatic N) is 2. The van der Waals surface area contributed by atoms with Crippen LogP contribution >= 0.6 is 0 Å². The molecule has 214 valence electrons. The van der Waals surface area contributed by atoms with Crippen LogP contribution in [0.1, 0.15) is 11.1 Å². The quantitative estimate of drug-likeness (QED) is 0.128. The van der Waals surface area contributed by atoms with Crippen molar-refractivity contribution >= 4 is 39.8 Å². The number of likely N-dealkylation sites (N-methyl/N-ethyl adjacent to an activating group) is 1. The van der Waals surface area contributed by atoms with Crippen molar-refractivity contribution in [2.45, 2.75) is 13.8 Å². The Morgan fingerprint density at radius 2 is 1.41 bits per heavy atom. The molecule has 4 aromatic carbocycles. The molecule has 7 heteroatoms. The Labute approximate surface area is 244 Å². The number of anilines is 7. The first kappa shape index (κ1) is 30.5. The molecule has 0 saturated carbocycles. The minimum Gasteiger partial charge on any atom is -0.490 e. The van der Waals surface area contributed by atoms with Gasteiger partial charge in [0.05, 0.1) is 22.7 Å². The largest absolute Gasteiger partial charge is 0.490 e. The molecule has 0 aliphatic heterocycles. The van der Waals surface area contributed by atoms with Gasteiger partial charge in [-0.05, 0) is 86.2 Å². The lowest BCUT2D eigenvalue weighted by Gasteiger charge is -2.25. The number of rotatable bonds is 10. The van der Waals surface area contributed by atoms with Crippen LogP contribution < -0.4 is 37.5 Å². The van der Waals surface area contributed by atoms with Gasteiger partial charge in [-0.1, -0.05) is 42.0 Å². The average molecular weight is 551 g/mol. The van der Waals surface area contributed by atoms with Crippen LogP contribution in [0.2, 0.25) is 0 Å². The van der Waals surface area contributed by atoms with Crippen molar-refractivity contribution in [3.05, 3.63) is 121 Å². The number of benzene rings is 4. The van der Waals surface area contributed by atoms with Gasteiger partial charge in [0.1, 0.15) is 12.4 Å². The molecule has 4 rings (SSSR count). The van der Waals surface area contributed by atoms with Gasteiger partial charge in [-0.15, -0.1) is 6.58 Å². The molecule has 0 spiro atoms. The fourth-order valence-electron chi connectivity index (χ4n) is 4.16. The third kappa shape index (κ3) is 9.28. The highest BCUT2D eigenvalue weighted by molar-refractivity contribution is 5.78. The van der Waals surface area contributed by atoms with E-state index < -0.39 is 0 Å². The van der Waals surface area contributed by atoms with E-state index in [1.807, 2.05) is 74.7 Å². The molecule has 0 aliphatic rings. The first-order valence-corrected chi connectivity index (χ1v) is 13.5. The lowest BCUT2D eigenvalue weighted by atomic mass is 10.1. The zero-order chi connectivity index (χ0) is 29.8. The Hall–Kier alpha value is -5.04. The van der Waals surface area contributed by atoms with Crippen LogP contribution in [-0.2, 0) is 0 Å². The monoisotopic (exact) mass is 550 g/mol.